The largest absolute Gasteiger partial charge is 0.378 e. The van der Waals surface area contributed by atoms with Crippen LogP contribution in [0.5, 0.6) is 0 Å². The Morgan fingerprint density at radius 3 is 2.57 bits per heavy atom. The smallest absolute Gasteiger partial charge is 0.307 e. The van der Waals surface area contributed by atoms with Gasteiger partial charge in [-0.15, -0.1) is 0 Å². The highest BCUT2D eigenvalue weighted by Crippen LogP contribution is 2.26. The Labute approximate surface area is 128 Å². The van der Waals surface area contributed by atoms with Gasteiger partial charge < -0.3 is 5.32 Å². The zero-order valence-corrected chi connectivity index (χ0v) is 12.6. The summed E-state index contributed by atoms with van der Waals surface area (Å²) in [5.41, 5.74) is 1.05. The summed E-state index contributed by atoms with van der Waals surface area (Å²) < 4.78 is 27.7. The van der Waals surface area contributed by atoms with Gasteiger partial charge in [0.2, 0.25) is 5.82 Å². The van der Waals surface area contributed by atoms with Crippen LogP contribution in [0.4, 0.5) is 20.2 Å². The number of nitro benzene ring substituents is 1. The summed E-state index contributed by atoms with van der Waals surface area (Å²) in [5.74, 6) is -2.06. The van der Waals surface area contributed by atoms with Crippen LogP contribution in [0, 0.1) is 28.7 Å². The molecule has 0 unspecified atom stereocenters. The van der Waals surface area contributed by atoms with Gasteiger partial charge in [0.15, 0.2) is 0 Å². The Hall–Kier alpha value is -2.02. The van der Waals surface area contributed by atoms with Crippen LogP contribution in [0.1, 0.15) is 11.1 Å². The van der Waals surface area contributed by atoms with Crippen molar-refractivity contribution in [3.05, 3.63) is 67.7 Å². The van der Waals surface area contributed by atoms with Crippen LogP contribution >= 0.6 is 15.9 Å². The molecule has 4 nitrogen and oxygen atoms in total. The SMILES string of the molecule is Cc1ccc(CNc2cc([N+](=O)[O-])c(F)cc2F)cc1Br. The number of nitrogens with zero attached hydrogens (tertiary/aromatic N) is 1. The van der Waals surface area contributed by atoms with Gasteiger partial charge in [-0.2, -0.15) is 4.39 Å². The van der Waals surface area contributed by atoms with Crippen LogP contribution in [-0.4, -0.2) is 4.92 Å². The third-order valence-electron chi connectivity index (χ3n) is 2.95. The van der Waals surface area contributed by atoms with E-state index in [0.717, 1.165) is 21.7 Å². The van der Waals surface area contributed by atoms with Crippen molar-refractivity contribution in [3.63, 3.8) is 0 Å². The average molecular weight is 357 g/mol. The van der Waals surface area contributed by atoms with E-state index in [0.29, 0.717) is 6.07 Å². The number of aryl methyl sites for hydroxylation is 1. The molecule has 0 saturated heterocycles. The molecule has 2 aromatic carbocycles. The fourth-order valence-electron chi connectivity index (χ4n) is 1.76. The molecule has 0 spiro atoms. The highest BCUT2D eigenvalue weighted by Gasteiger charge is 2.18. The Bertz CT molecular complexity index is 708. The maximum absolute atomic E-state index is 13.6. The van der Waals surface area contributed by atoms with Gasteiger partial charge in [-0.05, 0) is 24.1 Å². The summed E-state index contributed by atoms with van der Waals surface area (Å²) in [5, 5.41) is 13.4. The first kappa shape index (κ1) is 15.4. The van der Waals surface area contributed by atoms with Crippen molar-refractivity contribution in [3.8, 4) is 0 Å². The molecular formula is C14H11BrF2N2O2. The van der Waals surface area contributed by atoms with Gasteiger partial charge in [0.1, 0.15) is 5.82 Å². The summed E-state index contributed by atoms with van der Waals surface area (Å²) in [7, 11) is 0. The average Bonchev–Trinajstić information content (AvgIpc) is 2.41. The number of anilines is 1. The Balaban J connectivity index is 2.21. The molecule has 21 heavy (non-hydrogen) atoms. The Kier molecular flexibility index (Phi) is 4.52. The lowest BCUT2D eigenvalue weighted by molar-refractivity contribution is -0.387. The number of halogens is 3. The van der Waals surface area contributed by atoms with E-state index in [-0.39, 0.29) is 12.2 Å². The topological polar surface area (TPSA) is 55.2 Å². The minimum atomic E-state index is -1.19. The Morgan fingerprint density at radius 2 is 1.95 bits per heavy atom. The quantitative estimate of drug-likeness (QED) is 0.645. The molecule has 2 aromatic rings. The van der Waals surface area contributed by atoms with E-state index in [1.54, 1.807) is 0 Å². The lowest BCUT2D eigenvalue weighted by Gasteiger charge is -2.09. The van der Waals surface area contributed by atoms with Crippen LogP contribution in [0.2, 0.25) is 0 Å². The predicted molar refractivity (Wildman–Crippen MR) is 79.2 cm³/mol. The molecule has 0 radical (unpaired) electrons. The molecule has 0 aromatic heterocycles. The third kappa shape index (κ3) is 3.55. The van der Waals surface area contributed by atoms with Crippen LogP contribution < -0.4 is 5.32 Å². The van der Waals surface area contributed by atoms with Gasteiger partial charge in [-0.3, -0.25) is 10.1 Å². The lowest BCUT2D eigenvalue weighted by Crippen LogP contribution is -2.04. The molecule has 0 aliphatic rings. The number of nitro groups is 1. The van der Waals surface area contributed by atoms with Crippen molar-refractivity contribution in [2.45, 2.75) is 13.5 Å². The number of hydrogen-bond donors (Lipinski definition) is 1. The predicted octanol–water partition coefficient (Wildman–Crippen LogP) is 4.56. The van der Waals surface area contributed by atoms with Crippen molar-refractivity contribution in [2.75, 3.05) is 5.32 Å². The lowest BCUT2D eigenvalue weighted by atomic mass is 10.1. The van der Waals surface area contributed by atoms with Gasteiger partial charge in [-0.25, -0.2) is 4.39 Å². The summed E-state index contributed by atoms with van der Waals surface area (Å²) in [6, 6.07) is 6.96. The Morgan fingerprint density at radius 1 is 1.24 bits per heavy atom. The third-order valence-corrected chi connectivity index (χ3v) is 3.81. The summed E-state index contributed by atoms with van der Waals surface area (Å²) >= 11 is 3.39. The molecule has 0 aliphatic heterocycles. The van der Waals surface area contributed by atoms with E-state index in [1.807, 2.05) is 25.1 Å². The van der Waals surface area contributed by atoms with Crippen molar-refractivity contribution in [1.29, 1.82) is 0 Å². The van der Waals surface area contributed by atoms with Crippen LogP contribution in [0.3, 0.4) is 0 Å². The number of benzene rings is 2. The fourth-order valence-corrected chi connectivity index (χ4v) is 2.18. The minimum Gasteiger partial charge on any atom is -0.378 e. The standard InChI is InChI=1S/C14H11BrF2N2O2/c1-8-2-3-9(4-10(8)15)7-18-13-6-14(19(20)21)12(17)5-11(13)16/h2-6,18H,7H2,1H3. The second kappa shape index (κ2) is 6.17. The van der Waals surface area contributed by atoms with Crippen LogP contribution in [0.25, 0.3) is 0 Å². The molecule has 0 saturated carbocycles. The minimum absolute atomic E-state index is 0.111. The molecule has 0 aliphatic carbocycles. The first-order valence-electron chi connectivity index (χ1n) is 6.01. The first-order valence-corrected chi connectivity index (χ1v) is 6.80. The number of hydrogen-bond acceptors (Lipinski definition) is 3. The van der Waals surface area contributed by atoms with E-state index < -0.39 is 22.2 Å². The van der Waals surface area contributed by atoms with Crippen molar-refractivity contribution in [1.82, 2.24) is 0 Å². The molecule has 0 fully saturated rings. The molecule has 0 amide bonds. The molecule has 7 heteroatoms. The molecule has 1 N–H and O–H groups in total. The second-order valence-electron chi connectivity index (χ2n) is 4.48. The second-order valence-corrected chi connectivity index (χ2v) is 5.33. The van der Waals surface area contributed by atoms with Crippen molar-refractivity contribution < 1.29 is 13.7 Å². The van der Waals surface area contributed by atoms with E-state index in [1.165, 1.54) is 0 Å². The van der Waals surface area contributed by atoms with Crippen molar-refractivity contribution >= 4 is 27.3 Å². The van der Waals surface area contributed by atoms with Crippen molar-refractivity contribution in [2.24, 2.45) is 0 Å². The zero-order chi connectivity index (χ0) is 15.6. The summed E-state index contributed by atoms with van der Waals surface area (Å²) in [6.07, 6.45) is 0. The van der Waals surface area contributed by atoms with E-state index >= 15 is 0 Å². The normalized spacial score (nSPS) is 10.5. The van der Waals surface area contributed by atoms with Gasteiger partial charge in [0, 0.05) is 23.2 Å². The molecule has 2 rings (SSSR count). The molecular weight excluding hydrogens is 346 g/mol. The summed E-state index contributed by atoms with van der Waals surface area (Å²) in [6.45, 7) is 2.20. The monoisotopic (exact) mass is 356 g/mol. The van der Waals surface area contributed by atoms with E-state index in [9.17, 15) is 18.9 Å². The molecule has 0 heterocycles. The van der Waals surface area contributed by atoms with E-state index in [2.05, 4.69) is 21.2 Å². The number of rotatable bonds is 4. The number of nitrogens with one attached hydrogen (secondary N) is 1. The zero-order valence-electron chi connectivity index (χ0n) is 11.0. The summed E-state index contributed by atoms with van der Waals surface area (Å²) in [4.78, 5) is 9.76. The van der Waals surface area contributed by atoms with E-state index in [4.69, 9.17) is 0 Å². The first-order chi connectivity index (χ1) is 9.88. The van der Waals surface area contributed by atoms with Gasteiger partial charge in [0.05, 0.1) is 10.6 Å². The molecule has 0 bridgehead atoms. The molecule has 110 valence electrons. The van der Waals surface area contributed by atoms with Gasteiger partial charge in [0.25, 0.3) is 0 Å². The highest BCUT2D eigenvalue weighted by molar-refractivity contribution is 9.10. The molecule has 0 atom stereocenters. The van der Waals surface area contributed by atoms with Gasteiger partial charge in [-0.1, -0.05) is 28.1 Å². The highest BCUT2D eigenvalue weighted by atomic mass is 79.9. The maximum atomic E-state index is 13.6. The van der Waals surface area contributed by atoms with Gasteiger partial charge >= 0.3 is 5.69 Å². The van der Waals surface area contributed by atoms with Crippen LogP contribution in [0.15, 0.2) is 34.8 Å². The van der Waals surface area contributed by atoms with Crippen LogP contribution in [-0.2, 0) is 6.54 Å². The fraction of sp³-hybridized carbons (Fsp3) is 0.143. The maximum Gasteiger partial charge on any atom is 0.307 e.